The van der Waals surface area contributed by atoms with Gasteiger partial charge in [-0.2, -0.15) is 0 Å². The van der Waals surface area contributed by atoms with Gasteiger partial charge in [0.2, 0.25) is 0 Å². The summed E-state index contributed by atoms with van der Waals surface area (Å²) >= 11 is 1.64. The maximum absolute atomic E-state index is 9.11. The summed E-state index contributed by atoms with van der Waals surface area (Å²) < 4.78 is 10.7. The number of thiophene rings is 1. The van der Waals surface area contributed by atoms with Crippen molar-refractivity contribution in [2.75, 3.05) is 13.7 Å². The molecule has 0 spiro atoms. The fourth-order valence-electron chi connectivity index (χ4n) is 1.25. The topological polar surface area (TPSA) is 38.7 Å². The second-order valence-electron chi connectivity index (χ2n) is 3.24. The monoisotopic (exact) mass is 216 g/mol. The van der Waals surface area contributed by atoms with Gasteiger partial charge in [-0.3, -0.25) is 0 Å². The molecule has 1 atom stereocenters. The quantitative estimate of drug-likeness (QED) is 0.838. The SMILES string of the molecule is COc1c(C)sc(C)c1OC[C@@H](C)O. The molecule has 3 nitrogen and oxygen atoms in total. The number of ether oxygens (including phenoxy) is 2. The van der Waals surface area contributed by atoms with Crippen LogP contribution in [0.3, 0.4) is 0 Å². The molecule has 0 saturated heterocycles. The van der Waals surface area contributed by atoms with Crippen LogP contribution in [-0.2, 0) is 0 Å². The fourth-order valence-corrected chi connectivity index (χ4v) is 2.22. The van der Waals surface area contributed by atoms with E-state index < -0.39 is 6.10 Å². The van der Waals surface area contributed by atoms with Crippen molar-refractivity contribution in [3.05, 3.63) is 9.75 Å². The third-order valence-electron chi connectivity index (χ3n) is 1.82. The zero-order valence-electron chi connectivity index (χ0n) is 8.96. The lowest BCUT2D eigenvalue weighted by Gasteiger charge is -2.09. The number of hydrogen-bond acceptors (Lipinski definition) is 4. The Balaban J connectivity index is 2.83. The van der Waals surface area contributed by atoms with E-state index in [2.05, 4.69) is 0 Å². The van der Waals surface area contributed by atoms with Crippen LogP contribution in [0, 0.1) is 13.8 Å². The molecule has 80 valence electrons. The Labute approximate surface area is 88.3 Å². The molecule has 0 amide bonds. The normalized spacial score (nSPS) is 12.6. The highest BCUT2D eigenvalue weighted by molar-refractivity contribution is 7.12. The van der Waals surface area contributed by atoms with Crippen LogP contribution in [0.2, 0.25) is 0 Å². The summed E-state index contributed by atoms with van der Waals surface area (Å²) in [6.07, 6.45) is -0.459. The van der Waals surface area contributed by atoms with Crippen LogP contribution in [-0.4, -0.2) is 24.9 Å². The summed E-state index contributed by atoms with van der Waals surface area (Å²) in [6, 6.07) is 0. The van der Waals surface area contributed by atoms with Crippen LogP contribution in [0.1, 0.15) is 16.7 Å². The molecule has 1 aromatic rings. The van der Waals surface area contributed by atoms with E-state index in [-0.39, 0.29) is 0 Å². The Kier molecular flexibility index (Phi) is 3.77. The summed E-state index contributed by atoms with van der Waals surface area (Å²) in [5.74, 6) is 1.55. The Morgan fingerprint density at radius 1 is 1.29 bits per heavy atom. The van der Waals surface area contributed by atoms with Crippen LogP contribution < -0.4 is 9.47 Å². The first-order valence-electron chi connectivity index (χ1n) is 4.51. The van der Waals surface area contributed by atoms with Gasteiger partial charge in [0.15, 0.2) is 11.5 Å². The first-order chi connectivity index (χ1) is 6.56. The molecule has 4 heteroatoms. The highest BCUT2D eigenvalue weighted by atomic mass is 32.1. The number of methoxy groups -OCH3 is 1. The van der Waals surface area contributed by atoms with Crippen LogP contribution in [0.4, 0.5) is 0 Å². The van der Waals surface area contributed by atoms with E-state index in [1.54, 1.807) is 25.4 Å². The molecular weight excluding hydrogens is 200 g/mol. The van der Waals surface area contributed by atoms with Crippen molar-refractivity contribution in [3.63, 3.8) is 0 Å². The number of hydrogen-bond donors (Lipinski definition) is 1. The zero-order chi connectivity index (χ0) is 10.7. The third kappa shape index (κ3) is 2.39. The average molecular weight is 216 g/mol. The first kappa shape index (κ1) is 11.3. The van der Waals surface area contributed by atoms with E-state index in [0.29, 0.717) is 6.61 Å². The Bertz CT molecular complexity index is 305. The Morgan fingerprint density at radius 3 is 2.36 bits per heavy atom. The van der Waals surface area contributed by atoms with Crippen molar-refractivity contribution >= 4 is 11.3 Å². The molecule has 1 rings (SSSR count). The minimum absolute atomic E-state index is 0.299. The first-order valence-corrected chi connectivity index (χ1v) is 5.32. The van der Waals surface area contributed by atoms with Crippen LogP contribution in [0.15, 0.2) is 0 Å². The highest BCUT2D eigenvalue weighted by Gasteiger charge is 2.15. The predicted molar refractivity (Wildman–Crippen MR) is 57.5 cm³/mol. The Hall–Kier alpha value is -0.740. The fraction of sp³-hybridized carbons (Fsp3) is 0.600. The lowest BCUT2D eigenvalue weighted by Crippen LogP contribution is -2.13. The van der Waals surface area contributed by atoms with Gasteiger partial charge in [0.25, 0.3) is 0 Å². The molecule has 0 aromatic carbocycles. The van der Waals surface area contributed by atoms with Crippen molar-refractivity contribution in [1.29, 1.82) is 0 Å². The van der Waals surface area contributed by atoms with Crippen LogP contribution >= 0.6 is 11.3 Å². The van der Waals surface area contributed by atoms with Crippen molar-refractivity contribution in [2.24, 2.45) is 0 Å². The van der Waals surface area contributed by atoms with Crippen molar-refractivity contribution in [2.45, 2.75) is 26.9 Å². The summed E-state index contributed by atoms with van der Waals surface area (Å²) in [5.41, 5.74) is 0. The third-order valence-corrected chi connectivity index (χ3v) is 2.81. The second-order valence-corrected chi connectivity index (χ2v) is 4.67. The highest BCUT2D eigenvalue weighted by Crippen LogP contribution is 2.40. The molecule has 1 N–H and O–H groups in total. The standard InChI is InChI=1S/C10H16O3S/c1-6(11)5-13-10-8(3)14-7(2)9(10)12-4/h6,11H,5H2,1-4H3/t6-/m1/s1. The second kappa shape index (κ2) is 4.66. The molecule has 0 fully saturated rings. The molecule has 0 unspecified atom stereocenters. The van der Waals surface area contributed by atoms with Crippen molar-refractivity contribution in [1.82, 2.24) is 0 Å². The smallest absolute Gasteiger partial charge is 0.175 e. The number of rotatable bonds is 4. The van der Waals surface area contributed by atoms with Gasteiger partial charge in [-0.05, 0) is 20.8 Å². The molecule has 0 saturated carbocycles. The molecule has 14 heavy (non-hydrogen) atoms. The summed E-state index contributed by atoms with van der Waals surface area (Å²) in [4.78, 5) is 2.19. The number of aliphatic hydroxyl groups excluding tert-OH is 1. The zero-order valence-corrected chi connectivity index (χ0v) is 9.77. The van der Waals surface area contributed by atoms with E-state index in [1.807, 2.05) is 13.8 Å². The molecule has 0 aliphatic rings. The molecule has 1 heterocycles. The van der Waals surface area contributed by atoms with Gasteiger partial charge in [-0.1, -0.05) is 0 Å². The van der Waals surface area contributed by atoms with Gasteiger partial charge < -0.3 is 14.6 Å². The lowest BCUT2D eigenvalue weighted by atomic mass is 10.3. The average Bonchev–Trinajstić information content (AvgIpc) is 2.36. The van der Waals surface area contributed by atoms with Crippen molar-refractivity contribution < 1.29 is 14.6 Å². The summed E-state index contributed by atoms with van der Waals surface area (Å²) in [7, 11) is 1.63. The maximum atomic E-state index is 9.11. The van der Waals surface area contributed by atoms with Gasteiger partial charge in [0, 0.05) is 9.75 Å². The van der Waals surface area contributed by atoms with Gasteiger partial charge in [-0.15, -0.1) is 11.3 Å². The Morgan fingerprint density at radius 2 is 1.86 bits per heavy atom. The summed E-state index contributed by atoms with van der Waals surface area (Å²) in [6.45, 7) is 5.97. The van der Waals surface area contributed by atoms with E-state index in [9.17, 15) is 0 Å². The van der Waals surface area contributed by atoms with Gasteiger partial charge in [-0.25, -0.2) is 0 Å². The molecule has 0 bridgehead atoms. The van der Waals surface area contributed by atoms with E-state index >= 15 is 0 Å². The van der Waals surface area contributed by atoms with Gasteiger partial charge in [0.05, 0.1) is 13.2 Å². The molecule has 0 aliphatic carbocycles. The molecular formula is C10H16O3S. The largest absolute Gasteiger partial charge is 0.492 e. The molecule has 0 radical (unpaired) electrons. The summed E-state index contributed by atoms with van der Waals surface area (Å²) in [5, 5.41) is 9.11. The van der Waals surface area contributed by atoms with Crippen LogP contribution in [0.5, 0.6) is 11.5 Å². The number of aliphatic hydroxyl groups is 1. The van der Waals surface area contributed by atoms with E-state index in [4.69, 9.17) is 14.6 Å². The molecule has 0 aliphatic heterocycles. The van der Waals surface area contributed by atoms with E-state index in [1.165, 1.54) is 0 Å². The maximum Gasteiger partial charge on any atom is 0.175 e. The molecule has 1 aromatic heterocycles. The van der Waals surface area contributed by atoms with Gasteiger partial charge >= 0.3 is 0 Å². The van der Waals surface area contributed by atoms with Gasteiger partial charge in [0.1, 0.15) is 6.61 Å². The minimum Gasteiger partial charge on any atom is -0.492 e. The number of aryl methyl sites for hydroxylation is 2. The lowest BCUT2D eigenvalue weighted by molar-refractivity contribution is 0.120. The minimum atomic E-state index is -0.459. The van der Waals surface area contributed by atoms with Crippen LogP contribution in [0.25, 0.3) is 0 Å². The van der Waals surface area contributed by atoms with E-state index in [0.717, 1.165) is 21.3 Å². The van der Waals surface area contributed by atoms with Crippen molar-refractivity contribution in [3.8, 4) is 11.5 Å². The predicted octanol–water partition coefficient (Wildman–Crippen LogP) is 2.13.